The Labute approximate surface area is 94.1 Å². The van der Waals surface area contributed by atoms with Crippen molar-refractivity contribution >= 4 is 91.6 Å². The molecule has 0 unspecified atom stereocenters. The zero-order valence-electron chi connectivity index (χ0n) is 3.04. The molecule has 1 saturated heterocycles. The molecule has 0 bridgehead atoms. The van der Waals surface area contributed by atoms with Gasteiger partial charge >= 0.3 is 0 Å². The van der Waals surface area contributed by atoms with Crippen molar-refractivity contribution in [2.75, 3.05) is 5.08 Å². The first-order valence-corrected chi connectivity index (χ1v) is 15.7. The Kier molecular flexibility index (Phi) is 2.09. The van der Waals surface area contributed by atoms with E-state index >= 15 is 0 Å². The van der Waals surface area contributed by atoms with Gasteiger partial charge in [0.05, 0.1) is 5.08 Å². The van der Waals surface area contributed by atoms with Crippen LogP contribution in [0, 0.1) is 0 Å². The van der Waals surface area contributed by atoms with Crippen LogP contribution in [0.5, 0.6) is 0 Å². The van der Waals surface area contributed by atoms with E-state index in [1.165, 1.54) is 5.08 Å². The van der Waals surface area contributed by atoms with Crippen molar-refractivity contribution in [3.63, 3.8) is 0 Å². The van der Waals surface area contributed by atoms with E-state index < -0.39 is -3.99 Å². The van der Waals surface area contributed by atoms with Crippen molar-refractivity contribution < 1.29 is 0 Å². The van der Waals surface area contributed by atoms with Crippen molar-refractivity contribution in [3.05, 3.63) is 0 Å². The Hall–Kier alpha value is 3.62. The molecule has 1 fully saturated rings. The van der Waals surface area contributed by atoms with Crippen LogP contribution in [0.15, 0.2) is 0 Å². The third-order valence-electron chi connectivity index (χ3n) is 0.474. The van der Waals surface area contributed by atoms with Crippen LogP contribution in [-0.2, 0) is 0 Å². The molecule has 0 aromatic heterocycles. The molecule has 1 rings (SSSR count). The van der Waals surface area contributed by atoms with E-state index in [9.17, 15) is 0 Å². The van der Waals surface area contributed by atoms with Gasteiger partial charge in [0, 0.05) is 0 Å². The lowest BCUT2D eigenvalue weighted by Crippen LogP contribution is -1.66. The zero-order chi connectivity index (χ0) is 5.82. The fourth-order valence-electron chi connectivity index (χ4n) is 0.0727. The third-order valence-corrected chi connectivity index (χ3v) is 22.6. The Bertz CT molecular complexity index is 107. The predicted molar refractivity (Wildman–Crippen MR) is 76.1 cm³/mol. The average molecular weight is 586 g/mol. The molecule has 1 aliphatic heterocycles. The summed E-state index contributed by atoms with van der Waals surface area (Å²) < 4.78 is -1.43. The summed E-state index contributed by atoms with van der Waals surface area (Å²) in [4.78, 5) is 0. The molecule has 7 heavy (non-hydrogen) atoms. The first-order valence-electron chi connectivity index (χ1n) is 1.36. The van der Waals surface area contributed by atoms with E-state index in [1.54, 1.807) is 0 Å². The highest BCUT2D eigenvalue weighted by atomic mass is 127. The Morgan fingerprint density at radius 2 is 1.29 bits per heavy atom. The first kappa shape index (κ1) is 8.71. The van der Waals surface area contributed by atoms with E-state index in [2.05, 4.69) is 95.6 Å². The molecule has 0 amide bonds. The van der Waals surface area contributed by atoms with Gasteiger partial charge in [0.1, 0.15) is 0 Å². The molecule has 6 heteroatoms. The third kappa shape index (κ3) is 3.51. The van der Waals surface area contributed by atoms with Gasteiger partial charge < -0.3 is 0 Å². The molecular formula is CH2I4S2. The maximum atomic E-state index is 2.60. The summed E-state index contributed by atoms with van der Waals surface area (Å²) in [5.74, 6) is 0. The van der Waals surface area contributed by atoms with Crippen molar-refractivity contribution in [3.8, 4) is 0 Å². The maximum absolute atomic E-state index is 2.60. The second-order valence-electron chi connectivity index (χ2n) is 1.39. The molecule has 0 aromatic carbocycles. The monoisotopic (exact) mass is 586 g/mol. The highest BCUT2D eigenvalue weighted by Gasteiger charge is 2.65. The van der Waals surface area contributed by atoms with E-state index in [0.29, 0.717) is 0 Å². The number of hydrogen-bond donors (Lipinski definition) is 0. The minimum atomic E-state index is -1.43. The van der Waals surface area contributed by atoms with Crippen LogP contribution in [0.3, 0.4) is 0 Å². The van der Waals surface area contributed by atoms with Gasteiger partial charge in [0.25, 0.3) is 0 Å². The number of halogens is 4. The maximum Gasteiger partial charge on any atom is 0.0592 e. The minimum Gasteiger partial charge on any atom is -0.0827 e. The van der Waals surface area contributed by atoms with Gasteiger partial charge in [-0.25, -0.2) is 0 Å². The first-order chi connectivity index (χ1) is 2.71. The summed E-state index contributed by atoms with van der Waals surface area (Å²) in [5, 5.41) is 1.36. The van der Waals surface area contributed by atoms with Crippen LogP contribution in [0.4, 0.5) is 0 Å². The molecule has 0 aliphatic carbocycles. The van der Waals surface area contributed by atoms with E-state index in [0.717, 1.165) is 0 Å². The van der Waals surface area contributed by atoms with Crippen molar-refractivity contribution in [2.24, 2.45) is 0 Å². The average Bonchev–Trinajstić information content (AvgIpc) is 1.69. The second kappa shape index (κ2) is 1.68. The fourth-order valence-corrected chi connectivity index (χ4v) is 13.2. The lowest BCUT2D eigenvalue weighted by molar-refractivity contribution is 2.42. The van der Waals surface area contributed by atoms with Crippen LogP contribution >= 0.6 is 91.6 Å². The van der Waals surface area contributed by atoms with Gasteiger partial charge in [0.2, 0.25) is 0 Å². The summed E-state index contributed by atoms with van der Waals surface area (Å²) >= 11 is 10.4. The lowest BCUT2D eigenvalue weighted by atomic mass is 11.9. The van der Waals surface area contributed by atoms with Gasteiger partial charge in [-0.05, 0) is 84.8 Å². The van der Waals surface area contributed by atoms with Crippen molar-refractivity contribution in [1.82, 2.24) is 0 Å². The standard InChI is InChI=1S/CH2I4S2/c2-7(3,4,5)1-6-7/h1H2. The van der Waals surface area contributed by atoms with Gasteiger partial charge in [-0.15, -0.1) is 0 Å². The number of hydrogen-bond acceptors (Lipinski definition) is 1. The molecule has 0 spiro atoms. The predicted octanol–water partition coefficient (Wildman–Crippen LogP) is 4.88. The molecule has 0 saturated carbocycles. The highest BCUT2D eigenvalue weighted by Crippen LogP contribution is 3.30. The quantitative estimate of drug-likeness (QED) is 0.222. The molecular weight excluding hydrogens is 584 g/mol. The van der Waals surface area contributed by atoms with Gasteiger partial charge in [0.15, 0.2) is 0 Å². The summed E-state index contributed by atoms with van der Waals surface area (Å²) in [6.45, 7) is 0. The van der Waals surface area contributed by atoms with Crippen LogP contribution in [0.1, 0.15) is 0 Å². The summed E-state index contributed by atoms with van der Waals surface area (Å²) in [6, 6.07) is 0. The Balaban J connectivity index is 2.98. The summed E-state index contributed by atoms with van der Waals surface area (Å²) in [6.07, 6.45) is 0. The van der Waals surface area contributed by atoms with Crippen LogP contribution in [-0.4, -0.2) is 5.08 Å². The lowest BCUT2D eigenvalue weighted by Gasteiger charge is -2.36. The largest absolute Gasteiger partial charge is 0.0827 e. The molecule has 0 aromatic rings. The van der Waals surface area contributed by atoms with Crippen LogP contribution < -0.4 is 0 Å². The summed E-state index contributed by atoms with van der Waals surface area (Å²) in [7, 11) is 2.09. The fraction of sp³-hybridized carbons (Fsp3) is 1.00. The molecule has 0 atom stereocenters. The molecule has 1 heterocycles. The van der Waals surface area contributed by atoms with Crippen LogP contribution in [0.2, 0.25) is 0 Å². The molecule has 46 valence electrons. The second-order valence-corrected chi connectivity index (χ2v) is 74.4. The van der Waals surface area contributed by atoms with E-state index in [4.69, 9.17) is 0 Å². The van der Waals surface area contributed by atoms with Gasteiger partial charge in [-0.1, -0.05) is 6.81 Å². The molecule has 0 nitrogen and oxygen atoms in total. The minimum absolute atomic E-state index is 1.36. The summed E-state index contributed by atoms with van der Waals surface area (Å²) in [5.41, 5.74) is 0. The normalized spacial score (nSPS) is 49.7. The van der Waals surface area contributed by atoms with Crippen molar-refractivity contribution in [2.45, 2.75) is 0 Å². The Morgan fingerprint density at radius 1 is 1.14 bits per heavy atom. The topological polar surface area (TPSA) is 0 Å². The van der Waals surface area contributed by atoms with Crippen molar-refractivity contribution in [1.29, 1.82) is 0 Å². The zero-order valence-corrected chi connectivity index (χ0v) is 13.3. The highest BCUT2D eigenvalue weighted by molar-refractivity contribution is 14.6. The molecule has 0 radical (unpaired) electrons. The molecule has 1 aliphatic rings. The smallest absolute Gasteiger partial charge is 0.0592 e. The number of rotatable bonds is 0. The van der Waals surface area contributed by atoms with Crippen LogP contribution in [0.25, 0.3) is 0 Å². The SMILES string of the molecule is IS1(I)(I)(I)CS1. The molecule has 0 N–H and O–H groups in total. The Morgan fingerprint density at radius 3 is 1.29 bits per heavy atom. The van der Waals surface area contributed by atoms with Gasteiger partial charge in [-0.2, -0.15) is 0 Å². The van der Waals surface area contributed by atoms with E-state index in [-0.39, 0.29) is 0 Å². The van der Waals surface area contributed by atoms with E-state index in [1.807, 2.05) is 0 Å². The van der Waals surface area contributed by atoms with Gasteiger partial charge in [-0.3, -0.25) is 0 Å².